The van der Waals surface area contributed by atoms with Crippen molar-refractivity contribution in [2.45, 2.75) is 43.9 Å². The first-order valence-corrected chi connectivity index (χ1v) is 10.9. The average molecular weight is 357 g/mol. The highest BCUT2D eigenvalue weighted by Crippen LogP contribution is 2.36. The zero-order chi connectivity index (χ0) is 17.1. The largest absolute Gasteiger partial charge is 0.255 e. The van der Waals surface area contributed by atoms with Gasteiger partial charge in [-0.1, -0.05) is 51.0 Å². The fourth-order valence-corrected chi connectivity index (χ4v) is 5.05. The van der Waals surface area contributed by atoms with E-state index >= 15 is 0 Å². The molecule has 2 unspecified atom stereocenters. The first-order valence-electron chi connectivity index (χ1n) is 8.56. The van der Waals surface area contributed by atoms with Crippen LogP contribution in [0.2, 0.25) is 0 Å². The van der Waals surface area contributed by atoms with E-state index in [1.165, 1.54) is 38.9 Å². The molecule has 3 rings (SSSR count). The number of rotatable bonds is 6. The van der Waals surface area contributed by atoms with Crippen molar-refractivity contribution in [1.82, 2.24) is 0 Å². The summed E-state index contributed by atoms with van der Waals surface area (Å²) >= 11 is 1.83. The van der Waals surface area contributed by atoms with Gasteiger partial charge in [-0.25, -0.2) is 0 Å². The fourth-order valence-electron chi connectivity index (χ4n) is 3.14. The number of hydrogen-bond acceptors (Lipinski definition) is 2. The number of thiophene rings is 1. The third kappa shape index (κ3) is 3.62. The van der Waals surface area contributed by atoms with Crippen molar-refractivity contribution in [3.63, 3.8) is 0 Å². The molecule has 0 aliphatic rings. The Kier molecular flexibility index (Phi) is 5.52. The summed E-state index contributed by atoms with van der Waals surface area (Å²) in [5.41, 5.74) is 2.49. The van der Waals surface area contributed by atoms with Crippen molar-refractivity contribution >= 4 is 32.2 Å². The predicted octanol–water partition coefficient (Wildman–Crippen LogP) is 6.60. The van der Waals surface area contributed by atoms with Gasteiger partial charge < -0.3 is 0 Å². The van der Waals surface area contributed by atoms with Crippen LogP contribution < -0.4 is 0 Å². The summed E-state index contributed by atoms with van der Waals surface area (Å²) in [5, 5.41) is 1.29. The molecule has 3 aromatic rings. The van der Waals surface area contributed by atoms with Gasteiger partial charge in [-0.05, 0) is 53.1 Å². The summed E-state index contributed by atoms with van der Waals surface area (Å²) in [4.78, 5) is 2.28. The monoisotopic (exact) mass is 356 g/mol. The van der Waals surface area contributed by atoms with Crippen LogP contribution in [0, 0.1) is 0 Å². The molecule has 0 spiro atoms. The van der Waals surface area contributed by atoms with Gasteiger partial charge in [0.05, 0.1) is 10.8 Å². The average Bonchev–Trinajstić information content (AvgIpc) is 3.03. The van der Waals surface area contributed by atoms with Crippen LogP contribution in [0.5, 0.6) is 0 Å². The van der Waals surface area contributed by atoms with Crippen LogP contribution in [0.1, 0.15) is 44.6 Å². The van der Waals surface area contributed by atoms with Crippen LogP contribution in [-0.4, -0.2) is 10.5 Å². The van der Waals surface area contributed by atoms with E-state index in [-0.39, 0.29) is 0 Å². The summed E-state index contributed by atoms with van der Waals surface area (Å²) in [6.07, 6.45) is 5.34. The summed E-state index contributed by atoms with van der Waals surface area (Å²) in [7, 11) is -0.943. The smallest absolute Gasteiger partial charge is 0.0501 e. The lowest BCUT2D eigenvalue weighted by molar-refractivity contribution is 0.615. The van der Waals surface area contributed by atoms with Gasteiger partial charge in [-0.2, -0.15) is 0 Å². The van der Waals surface area contributed by atoms with Crippen LogP contribution in [0.3, 0.4) is 0 Å². The number of hydrogen-bond donors (Lipinski definition) is 0. The molecular weight excluding hydrogens is 332 g/mol. The molecule has 0 amide bonds. The lowest BCUT2D eigenvalue weighted by atomic mass is 9.94. The van der Waals surface area contributed by atoms with Gasteiger partial charge in [0.25, 0.3) is 0 Å². The van der Waals surface area contributed by atoms with E-state index < -0.39 is 10.8 Å². The molecule has 0 radical (unpaired) electrons. The van der Waals surface area contributed by atoms with E-state index in [1.54, 1.807) is 6.26 Å². The van der Waals surface area contributed by atoms with Gasteiger partial charge in [0.15, 0.2) is 0 Å². The maximum Gasteiger partial charge on any atom is 0.0501 e. The summed E-state index contributed by atoms with van der Waals surface area (Å²) < 4.78 is 13.5. The van der Waals surface area contributed by atoms with Gasteiger partial charge in [0.1, 0.15) is 0 Å². The molecule has 3 heteroatoms. The van der Waals surface area contributed by atoms with Crippen molar-refractivity contribution in [3.05, 3.63) is 54.1 Å². The second-order valence-electron chi connectivity index (χ2n) is 6.40. The van der Waals surface area contributed by atoms with Crippen molar-refractivity contribution in [2.75, 3.05) is 6.26 Å². The zero-order valence-electron chi connectivity index (χ0n) is 14.5. The highest BCUT2D eigenvalue weighted by molar-refractivity contribution is 7.84. The lowest BCUT2D eigenvalue weighted by Gasteiger charge is -2.16. The molecule has 1 aromatic heterocycles. The summed E-state index contributed by atoms with van der Waals surface area (Å²) in [5.74, 6) is 0.443. The quantitative estimate of drug-likeness (QED) is 0.486. The molecule has 0 aliphatic heterocycles. The van der Waals surface area contributed by atoms with E-state index in [0.717, 1.165) is 11.3 Å². The number of fused-ring (bicyclic) bond motifs is 1. The molecule has 2 atom stereocenters. The maximum atomic E-state index is 12.1. The minimum absolute atomic E-state index is 0.443. The van der Waals surface area contributed by atoms with Crippen molar-refractivity contribution in [1.29, 1.82) is 0 Å². The molecule has 0 fully saturated rings. The molecular formula is C21H24OS2. The number of benzene rings is 2. The standard InChI is InChI=1S/C21H24OS2/c1-4-5-8-15(2)18-13-17(11-12-21(18)24(3)22)20-14-16-9-6-7-10-19(16)23-20/h6-7,9-15H,4-5,8H2,1-3H3. The van der Waals surface area contributed by atoms with E-state index in [0.29, 0.717) is 5.92 Å². The van der Waals surface area contributed by atoms with Crippen LogP contribution in [0.25, 0.3) is 20.5 Å². The molecule has 0 saturated carbocycles. The zero-order valence-corrected chi connectivity index (χ0v) is 16.2. The Morgan fingerprint density at radius 2 is 1.92 bits per heavy atom. The van der Waals surface area contributed by atoms with Crippen molar-refractivity contribution < 1.29 is 4.21 Å². The minimum atomic E-state index is -0.943. The van der Waals surface area contributed by atoms with Crippen LogP contribution in [-0.2, 0) is 10.8 Å². The van der Waals surface area contributed by atoms with Gasteiger partial charge >= 0.3 is 0 Å². The Bertz CT molecular complexity index is 830. The lowest BCUT2D eigenvalue weighted by Crippen LogP contribution is -2.01. The molecule has 0 aliphatic carbocycles. The molecule has 126 valence electrons. The third-order valence-corrected chi connectivity index (χ3v) is 6.71. The van der Waals surface area contributed by atoms with Gasteiger partial charge in [0, 0.05) is 20.7 Å². The number of unbranched alkanes of at least 4 members (excludes halogenated alkanes) is 1. The molecule has 2 aromatic carbocycles. The molecule has 0 bridgehead atoms. The maximum absolute atomic E-state index is 12.1. The fraction of sp³-hybridized carbons (Fsp3) is 0.333. The minimum Gasteiger partial charge on any atom is -0.255 e. The van der Waals surface area contributed by atoms with Crippen LogP contribution >= 0.6 is 11.3 Å². The normalized spacial score (nSPS) is 14.0. The van der Waals surface area contributed by atoms with Crippen LogP contribution in [0.15, 0.2) is 53.4 Å². The Balaban J connectivity index is 2.04. The molecule has 24 heavy (non-hydrogen) atoms. The topological polar surface area (TPSA) is 17.1 Å². The highest BCUT2D eigenvalue weighted by Gasteiger charge is 2.15. The van der Waals surface area contributed by atoms with Gasteiger partial charge in [0.2, 0.25) is 0 Å². The van der Waals surface area contributed by atoms with Gasteiger partial charge in [-0.15, -0.1) is 11.3 Å². The second kappa shape index (κ2) is 7.62. The summed E-state index contributed by atoms with van der Waals surface area (Å²) in [6, 6.07) is 17.2. The van der Waals surface area contributed by atoms with E-state index in [2.05, 4.69) is 62.4 Å². The third-order valence-electron chi connectivity index (χ3n) is 4.55. The summed E-state index contributed by atoms with van der Waals surface area (Å²) in [6.45, 7) is 4.48. The van der Waals surface area contributed by atoms with E-state index in [1.807, 2.05) is 11.3 Å². The first kappa shape index (κ1) is 17.4. The van der Waals surface area contributed by atoms with Crippen molar-refractivity contribution in [3.8, 4) is 10.4 Å². The highest BCUT2D eigenvalue weighted by atomic mass is 32.2. The first-order chi connectivity index (χ1) is 11.6. The SMILES string of the molecule is CCCCC(C)c1cc(-c2cc3ccccc3s2)ccc1S(C)=O. The van der Waals surface area contributed by atoms with Gasteiger partial charge in [-0.3, -0.25) is 4.21 Å². The Hall–Kier alpha value is -1.45. The van der Waals surface area contributed by atoms with Crippen molar-refractivity contribution in [2.24, 2.45) is 0 Å². The Morgan fingerprint density at radius 3 is 2.62 bits per heavy atom. The molecule has 1 nitrogen and oxygen atoms in total. The Morgan fingerprint density at radius 1 is 1.12 bits per heavy atom. The van der Waals surface area contributed by atoms with Crippen LogP contribution in [0.4, 0.5) is 0 Å². The predicted molar refractivity (Wildman–Crippen MR) is 108 cm³/mol. The van der Waals surface area contributed by atoms with E-state index in [9.17, 15) is 4.21 Å². The molecule has 1 heterocycles. The van der Waals surface area contributed by atoms with E-state index in [4.69, 9.17) is 0 Å². The molecule has 0 N–H and O–H groups in total. The second-order valence-corrected chi connectivity index (χ2v) is 8.83. The Labute approximate surface area is 151 Å². The molecule has 0 saturated heterocycles.